The lowest BCUT2D eigenvalue weighted by molar-refractivity contribution is -0.152. The van der Waals surface area contributed by atoms with E-state index in [1.54, 1.807) is 6.08 Å². The highest BCUT2D eigenvalue weighted by Crippen LogP contribution is 2.21. The Kier molecular flexibility index (Phi) is 6.11. The van der Waals surface area contributed by atoms with E-state index in [0.717, 1.165) is 35.4 Å². The molecule has 0 amide bonds. The summed E-state index contributed by atoms with van der Waals surface area (Å²) >= 11 is 6.24. The third-order valence-electron chi connectivity index (χ3n) is 4.86. The number of ketones is 1. The molecule has 142 valence electrons. The minimum atomic E-state index is -0.596. The highest BCUT2D eigenvalue weighted by atomic mass is 35.5. The van der Waals surface area contributed by atoms with Crippen LogP contribution in [0.5, 0.6) is 0 Å². The topological polar surface area (TPSA) is 61.2 Å². The minimum absolute atomic E-state index is 0.0166. The number of carbonyl (C=O) groups excluding carboxylic acids is 2. The van der Waals surface area contributed by atoms with Crippen LogP contribution in [0, 0.1) is 13.8 Å². The number of esters is 1. The van der Waals surface area contributed by atoms with Gasteiger partial charge in [0.1, 0.15) is 0 Å². The van der Waals surface area contributed by atoms with Gasteiger partial charge in [0.25, 0.3) is 0 Å². The van der Waals surface area contributed by atoms with Gasteiger partial charge in [0.05, 0.1) is 12.2 Å². The van der Waals surface area contributed by atoms with E-state index in [9.17, 15) is 9.59 Å². The highest BCUT2D eigenvalue weighted by Gasteiger charge is 2.25. The SMILES string of the molecule is Cc1nn(Cc2ccccc2Cl)c(C)c1/C=C/C(=O)O[C@@H]1CCCCC1=O. The zero-order valence-corrected chi connectivity index (χ0v) is 16.3. The van der Waals surface area contributed by atoms with Gasteiger partial charge in [-0.05, 0) is 50.8 Å². The Bertz CT molecular complexity index is 886. The highest BCUT2D eigenvalue weighted by molar-refractivity contribution is 6.31. The molecular weight excluding hydrogens is 364 g/mol. The first-order valence-corrected chi connectivity index (χ1v) is 9.52. The first-order valence-electron chi connectivity index (χ1n) is 9.14. The molecule has 1 aliphatic rings. The lowest BCUT2D eigenvalue weighted by atomic mass is 9.96. The molecule has 1 saturated carbocycles. The maximum atomic E-state index is 12.1. The molecule has 0 bridgehead atoms. The Balaban J connectivity index is 1.70. The average Bonchev–Trinajstić information content (AvgIpc) is 2.90. The van der Waals surface area contributed by atoms with Crippen molar-refractivity contribution in [1.29, 1.82) is 0 Å². The molecule has 2 aromatic rings. The molecule has 1 aromatic carbocycles. The Morgan fingerprint density at radius 2 is 2.11 bits per heavy atom. The summed E-state index contributed by atoms with van der Waals surface area (Å²) in [7, 11) is 0. The molecule has 1 heterocycles. The quantitative estimate of drug-likeness (QED) is 0.568. The van der Waals surface area contributed by atoms with Crippen LogP contribution in [0.2, 0.25) is 5.02 Å². The predicted molar refractivity (Wildman–Crippen MR) is 105 cm³/mol. The Hall–Kier alpha value is -2.40. The fourth-order valence-corrected chi connectivity index (χ4v) is 3.50. The van der Waals surface area contributed by atoms with Gasteiger partial charge in [-0.1, -0.05) is 29.8 Å². The van der Waals surface area contributed by atoms with Gasteiger partial charge in [0.15, 0.2) is 11.9 Å². The van der Waals surface area contributed by atoms with Crippen molar-refractivity contribution in [3.05, 3.63) is 57.9 Å². The van der Waals surface area contributed by atoms with E-state index in [0.29, 0.717) is 24.4 Å². The number of hydrogen-bond donors (Lipinski definition) is 0. The summed E-state index contributed by atoms with van der Waals surface area (Å²) in [5, 5.41) is 5.25. The van der Waals surface area contributed by atoms with Crippen LogP contribution in [0.25, 0.3) is 6.08 Å². The maximum Gasteiger partial charge on any atom is 0.331 e. The van der Waals surface area contributed by atoms with Gasteiger partial charge < -0.3 is 4.74 Å². The zero-order chi connectivity index (χ0) is 19.4. The molecule has 0 spiro atoms. The van der Waals surface area contributed by atoms with Gasteiger partial charge in [0.2, 0.25) is 0 Å². The monoisotopic (exact) mass is 386 g/mol. The van der Waals surface area contributed by atoms with Crippen molar-refractivity contribution >= 4 is 29.4 Å². The smallest absolute Gasteiger partial charge is 0.331 e. The molecule has 5 nitrogen and oxygen atoms in total. The number of aryl methyl sites for hydroxylation is 1. The van der Waals surface area contributed by atoms with Crippen LogP contribution in [0.1, 0.15) is 48.2 Å². The Morgan fingerprint density at radius 1 is 1.33 bits per heavy atom. The molecule has 3 rings (SSSR count). The summed E-state index contributed by atoms with van der Waals surface area (Å²) < 4.78 is 7.17. The summed E-state index contributed by atoms with van der Waals surface area (Å²) in [6, 6.07) is 7.65. The van der Waals surface area contributed by atoms with Crippen molar-refractivity contribution in [2.75, 3.05) is 0 Å². The van der Waals surface area contributed by atoms with Crippen LogP contribution in [-0.2, 0) is 20.9 Å². The van der Waals surface area contributed by atoms with E-state index in [2.05, 4.69) is 5.10 Å². The number of nitrogens with zero attached hydrogens (tertiary/aromatic N) is 2. The van der Waals surface area contributed by atoms with Gasteiger partial charge in [0, 0.05) is 28.8 Å². The molecule has 6 heteroatoms. The third-order valence-corrected chi connectivity index (χ3v) is 5.23. The molecule has 27 heavy (non-hydrogen) atoms. The van der Waals surface area contributed by atoms with E-state index in [1.807, 2.05) is 42.8 Å². The fraction of sp³-hybridized carbons (Fsp3) is 0.381. The van der Waals surface area contributed by atoms with Crippen LogP contribution in [-0.4, -0.2) is 27.6 Å². The van der Waals surface area contributed by atoms with Crippen LogP contribution in [0.4, 0.5) is 0 Å². The van der Waals surface area contributed by atoms with Crippen LogP contribution >= 0.6 is 11.6 Å². The lowest BCUT2D eigenvalue weighted by Gasteiger charge is -2.19. The maximum absolute atomic E-state index is 12.1. The van der Waals surface area contributed by atoms with E-state index in [1.165, 1.54) is 6.08 Å². The third kappa shape index (κ3) is 4.66. The second-order valence-corrected chi connectivity index (χ2v) is 7.21. The molecule has 0 aliphatic heterocycles. The van der Waals surface area contributed by atoms with Gasteiger partial charge in [-0.15, -0.1) is 0 Å². The van der Waals surface area contributed by atoms with E-state index in [-0.39, 0.29) is 5.78 Å². The molecule has 0 N–H and O–H groups in total. The second-order valence-electron chi connectivity index (χ2n) is 6.80. The number of halogens is 1. The predicted octanol–water partition coefficient (Wildman–Crippen LogP) is 4.27. The first-order chi connectivity index (χ1) is 13.0. The van der Waals surface area contributed by atoms with E-state index >= 15 is 0 Å². The number of benzene rings is 1. The van der Waals surface area contributed by atoms with Gasteiger partial charge in [-0.25, -0.2) is 4.79 Å². The largest absolute Gasteiger partial charge is 0.451 e. The van der Waals surface area contributed by atoms with Crippen LogP contribution < -0.4 is 0 Å². The summed E-state index contributed by atoms with van der Waals surface area (Å²) in [5.41, 5.74) is 3.60. The molecule has 0 radical (unpaired) electrons. The van der Waals surface area contributed by atoms with Crippen molar-refractivity contribution < 1.29 is 14.3 Å². The van der Waals surface area contributed by atoms with Crippen molar-refractivity contribution in [3.63, 3.8) is 0 Å². The minimum Gasteiger partial charge on any atom is -0.451 e. The van der Waals surface area contributed by atoms with Crippen LogP contribution in [0.15, 0.2) is 30.3 Å². The molecule has 0 saturated heterocycles. The summed E-state index contributed by atoms with van der Waals surface area (Å²) in [6.45, 7) is 4.40. The van der Waals surface area contributed by atoms with E-state index < -0.39 is 12.1 Å². The molecule has 1 fully saturated rings. The second kappa shape index (κ2) is 8.53. The summed E-state index contributed by atoms with van der Waals surface area (Å²) in [6.07, 6.45) is 5.39. The molecule has 1 aromatic heterocycles. The molecule has 1 atom stereocenters. The number of ether oxygens (including phenoxy) is 1. The van der Waals surface area contributed by atoms with Crippen molar-refractivity contribution in [1.82, 2.24) is 9.78 Å². The van der Waals surface area contributed by atoms with Gasteiger partial charge in [-0.3, -0.25) is 9.48 Å². The summed E-state index contributed by atoms with van der Waals surface area (Å²) in [4.78, 5) is 23.9. The van der Waals surface area contributed by atoms with Gasteiger partial charge in [-0.2, -0.15) is 5.10 Å². The Labute approximate surface area is 164 Å². The standard InChI is InChI=1S/C21H23ClN2O3/c1-14-17(11-12-21(26)27-20-10-6-5-9-19(20)25)15(2)24(23-14)13-16-7-3-4-8-18(16)22/h3-4,7-8,11-12,20H,5-6,9-10,13H2,1-2H3/b12-11+/t20-/m1/s1. The Morgan fingerprint density at radius 3 is 2.85 bits per heavy atom. The number of Topliss-reactive ketones (excluding diaryl/α,β-unsaturated/α-hetero) is 1. The number of aromatic nitrogens is 2. The fourth-order valence-electron chi connectivity index (χ4n) is 3.30. The normalized spacial score (nSPS) is 17.4. The van der Waals surface area contributed by atoms with Crippen LogP contribution in [0.3, 0.4) is 0 Å². The molecular formula is C21H23ClN2O3. The molecule has 0 unspecified atom stereocenters. The zero-order valence-electron chi connectivity index (χ0n) is 15.6. The average molecular weight is 387 g/mol. The van der Waals surface area contributed by atoms with Crippen molar-refractivity contribution in [2.45, 2.75) is 52.2 Å². The summed E-state index contributed by atoms with van der Waals surface area (Å²) in [5.74, 6) is -0.476. The first kappa shape index (κ1) is 19.4. The lowest BCUT2D eigenvalue weighted by Crippen LogP contribution is -2.29. The van der Waals surface area contributed by atoms with E-state index in [4.69, 9.17) is 16.3 Å². The molecule has 1 aliphatic carbocycles. The van der Waals surface area contributed by atoms with Crippen molar-refractivity contribution in [3.8, 4) is 0 Å². The number of hydrogen-bond acceptors (Lipinski definition) is 4. The number of rotatable bonds is 5. The van der Waals surface area contributed by atoms with Crippen molar-refractivity contribution in [2.24, 2.45) is 0 Å². The van der Waals surface area contributed by atoms with Gasteiger partial charge >= 0.3 is 5.97 Å². The number of carbonyl (C=O) groups is 2.